The number of ether oxygens (including phenoxy) is 1. The summed E-state index contributed by atoms with van der Waals surface area (Å²) in [5, 5.41) is 20.6. The van der Waals surface area contributed by atoms with Gasteiger partial charge in [0.1, 0.15) is 12.4 Å². The first-order valence-electron chi connectivity index (χ1n) is 6.12. The standard InChI is InChI=1S/C15H16N2O3/c16-15(17-19)13-6-4-11(5-7-13)10-20-14-3-1-2-12(8-14)9-18/h1-8,18-19H,9-10H2,(H2,16,17). The largest absolute Gasteiger partial charge is 0.489 e. The van der Waals surface area contributed by atoms with Crippen LogP contribution in [0.4, 0.5) is 0 Å². The van der Waals surface area contributed by atoms with Crippen molar-refractivity contribution in [2.75, 3.05) is 0 Å². The van der Waals surface area contributed by atoms with E-state index in [9.17, 15) is 0 Å². The fourth-order valence-corrected chi connectivity index (χ4v) is 1.73. The summed E-state index contributed by atoms with van der Waals surface area (Å²) in [4.78, 5) is 0. The molecule has 104 valence electrons. The number of rotatable bonds is 5. The van der Waals surface area contributed by atoms with E-state index in [-0.39, 0.29) is 12.4 Å². The molecule has 0 aromatic heterocycles. The Bertz CT molecular complexity index is 594. The molecule has 4 N–H and O–H groups in total. The van der Waals surface area contributed by atoms with Gasteiger partial charge >= 0.3 is 0 Å². The first-order chi connectivity index (χ1) is 9.72. The molecule has 0 spiro atoms. The quantitative estimate of drug-likeness (QED) is 0.335. The second-order valence-corrected chi connectivity index (χ2v) is 4.28. The molecule has 0 radical (unpaired) electrons. The number of nitrogens with zero attached hydrogens (tertiary/aromatic N) is 1. The van der Waals surface area contributed by atoms with E-state index in [2.05, 4.69) is 5.16 Å². The average molecular weight is 272 g/mol. The zero-order chi connectivity index (χ0) is 14.4. The lowest BCUT2D eigenvalue weighted by Crippen LogP contribution is -2.12. The molecule has 5 heteroatoms. The van der Waals surface area contributed by atoms with Crippen molar-refractivity contribution in [1.29, 1.82) is 0 Å². The van der Waals surface area contributed by atoms with Gasteiger partial charge < -0.3 is 20.8 Å². The summed E-state index contributed by atoms with van der Waals surface area (Å²) in [6.07, 6.45) is 0. The van der Waals surface area contributed by atoms with E-state index in [0.29, 0.717) is 17.9 Å². The molecule has 0 amide bonds. The number of amidine groups is 1. The molecule has 20 heavy (non-hydrogen) atoms. The van der Waals surface area contributed by atoms with Crippen LogP contribution in [0, 0.1) is 0 Å². The predicted octanol–water partition coefficient (Wildman–Crippen LogP) is 1.85. The van der Waals surface area contributed by atoms with Crippen molar-refractivity contribution in [3.63, 3.8) is 0 Å². The van der Waals surface area contributed by atoms with Crippen LogP contribution in [0.25, 0.3) is 0 Å². The van der Waals surface area contributed by atoms with Crippen molar-refractivity contribution in [2.45, 2.75) is 13.2 Å². The van der Waals surface area contributed by atoms with Crippen molar-refractivity contribution in [3.8, 4) is 5.75 Å². The van der Waals surface area contributed by atoms with Crippen LogP contribution in [-0.4, -0.2) is 16.1 Å². The maximum atomic E-state index is 9.05. The summed E-state index contributed by atoms with van der Waals surface area (Å²) in [5.74, 6) is 0.783. The highest BCUT2D eigenvalue weighted by atomic mass is 16.5. The SMILES string of the molecule is NC(=NO)c1ccc(COc2cccc(CO)c2)cc1. The molecular formula is C15H16N2O3. The van der Waals surface area contributed by atoms with E-state index in [0.717, 1.165) is 11.1 Å². The van der Waals surface area contributed by atoms with Gasteiger partial charge in [-0.25, -0.2) is 0 Å². The molecule has 0 unspecified atom stereocenters. The summed E-state index contributed by atoms with van der Waals surface area (Å²) >= 11 is 0. The van der Waals surface area contributed by atoms with Crippen LogP contribution in [0.15, 0.2) is 53.7 Å². The summed E-state index contributed by atoms with van der Waals surface area (Å²) in [6.45, 7) is 0.400. The lowest BCUT2D eigenvalue weighted by atomic mass is 10.1. The lowest BCUT2D eigenvalue weighted by Gasteiger charge is -2.08. The molecule has 0 fully saturated rings. The van der Waals surface area contributed by atoms with Gasteiger partial charge in [0.05, 0.1) is 6.61 Å². The molecule has 0 aliphatic heterocycles. The summed E-state index contributed by atoms with van der Waals surface area (Å²) in [6, 6.07) is 14.5. The zero-order valence-corrected chi connectivity index (χ0v) is 10.9. The van der Waals surface area contributed by atoms with Gasteiger partial charge in [-0.2, -0.15) is 0 Å². The molecule has 0 aliphatic rings. The van der Waals surface area contributed by atoms with Crippen molar-refractivity contribution in [1.82, 2.24) is 0 Å². The highest BCUT2D eigenvalue weighted by molar-refractivity contribution is 5.96. The Hall–Kier alpha value is -2.53. The van der Waals surface area contributed by atoms with E-state index in [1.165, 1.54) is 0 Å². The first-order valence-corrected chi connectivity index (χ1v) is 6.12. The van der Waals surface area contributed by atoms with Gasteiger partial charge in [-0.15, -0.1) is 0 Å². The molecule has 2 rings (SSSR count). The van der Waals surface area contributed by atoms with Crippen LogP contribution in [0.2, 0.25) is 0 Å². The predicted molar refractivity (Wildman–Crippen MR) is 75.6 cm³/mol. The molecule has 5 nitrogen and oxygen atoms in total. The highest BCUT2D eigenvalue weighted by Gasteiger charge is 2.01. The topological polar surface area (TPSA) is 88.1 Å². The number of aliphatic hydroxyl groups excluding tert-OH is 1. The summed E-state index contributed by atoms with van der Waals surface area (Å²) in [5.41, 5.74) is 7.91. The smallest absolute Gasteiger partial charge is 0.170 e. The van der Waals surface area contributed by atoms with Crippen molar-refractivity contribution < 1.29 is 15.1 Å². The number of oxime groups is 1. The van der Waals surface area contributed by atoms with E-state index in [4.69, 9.17) is 20.8 Å². The number of hydrogen-bond donors (Lipinski definition) is 3. The lowest BCUT2D eigenvalue weighted by molar-refractivity contribution is 0.278. The first kappa shape index (κ1) is 13.9. The van der Waals surface area contributed by atoms with Crippen LogP contribution in [0.1, 0.15) is 16.7 Å². The maximum Gasteiger partial charge on any atom is 0.170 e. The molecule has 2 aromatic rings. The fraction of sp³-hybridized carbons (Fsp3) is 0.133. The highest BCUT2D eigenvalue weighted by Crippen LogP contribution is 2.15. The molecule has 0 heterocycles. The van der Waals surface area contributed by atoms with Crippen LogP contribution >= 0.6 is 0 Å². The van der Waals surface area contributed by atoms with Crippen LogP contribution in [0.3, 0.4) is 0 Å². The summed E-state index contributed by atoms with van der Waals surface area (Å²) < 4.78 is 5.64. The molecule has 0 saturated carbocycles. The Morgan fingerprint density at radius 2 is 1.85 bits per heavy atom. The molecule has 0 saturated heterocycles. The van der Waals surface area contributed by atoms with Crippen molar-refractivity contribution >= 4 is 5.84 Å². The third-order valence-electron chi connectivity index (χ3n) is 2.84. The Morgan fingerprint density at radius 3 is 2.50 bits per heavy atom. The fourth-order valence-electron chi connectivity index (χ4n) is 1.73. The minimum Gasteiger partial charge on any atom is -0.489 e. The molecule has 0 bridgehead atoms. The van der Waals surface area contributed by atoms with Gasteiger partial charge in [0.2, 0.25) is 0 Å². The third-order valence-corrected chi connectivity index (χ3v) is 2.84. The average Bonchev–Trinajstić information content (AvgIpc) is 2.53. The second-order valence-electron chi connectivity index (χ2n) is 4.28. The molecule has 0 atom stereocenters. The van der Waals surface area contributed by atoms with Gasteiger partial charge in [-0.1, -0.05) is 41.6 Å². The number of hydrogen-bond acceptors (Lipinski definition) is 4. The van der Waals surface area contributed by atoms with Crippen LogP contribution in [-0.2, 0) is 13.2 Å². The van der Waals surface area contributed by atoms with E-state index in [1.54, 1.807) is 18.2 Å². The minimum atomic E-state index is -0.00827. The maximum absolute atomic E-state index is 9.05. The monoisotopic (exact) mass is 272 g/mol. The van der Waals surface area contributed by atoms with Crippen molar-refractivity contribution in [2.24, 2.45) is 10.9 Å². The van der Waals surface area contributed by atoms with E-state index in [1.807, 2.05) is 30.3 Å². The minimum absolute atomic E-state index is 0.00827. The Kier molecular flexibility index (Phi) is 4.57. The van der Waals surface area contributed by atoms with Gasteiger partial charge in [0.25, 0.3) is 0 Å². The van der Waals surface area contributed by atoms with Gasteiger partial charge in [-0.05, 0) is 23.3 Å². The number of aliphatic hydroxyl groups is 1. The molecule has 0 aliphatic carbocycles. The van der Waals surface area contributed by atoms with Gasteiger partial charge in [-0.3, -0.25) is 0 Å². The van der Waals surface area contributed by atoms with Crippen LogP contribution in [0.5, 0.6) is 5.75 Å². The number of nitrogens with two attached hydrogens (primary N) is 1. The van der Waals surface area contributed by atoms with E-state index >= 15 is 0 Å². The normalized spacial score (nSPS) is 11.3. The second kappa shape index (κ2) is 6.58. The Balaban J connectivity index is 2.00. The van der Waals surface area contributed by atoms with Crippen LogP contribution < -0.4 is 10.5 Å². The van der Waals surface area contributed by atoms with E-state index < -0.39 is 0 Å². The Labute approximate surface area is 116 Å². The number of benzene rings is 2. The van der Waals surface area contributed by atoms with Crippen molar-refractivity contribution in [3.05, 3.63) is 65.2 Å². The van der Waals surface area contributed by atoms with Gasteiger partial charge in [0, 0.05) is 5.56 Å². The van der Waals surface area contributed by atoms with Gasteiger partial charge in [0.15, 0.2) is 5.84 Å². The Morgan fingerprint density at radius 1 is 1.10 bits per heavy atom. The molecular weight excluding hydrogens is 256 g/mol. The third kappa shape index (κ3) is 3.49. The summed E-state index contributed by atoms with van der Waals surface area (Å²) in [7, 11) is 0. The molecule has 2 aromatic carbocycles. The zero-order valence-electron chi connectivity index (χ0n) is 10.9.